The molecule has 0 bridgehead atoms. The lowest BCUT2D eigenvalue weighted by Crippen LogP contribution is -2.22. The SMILES string of the molecule is CC(Cn1ccnc1)Nc1ncnc2ccc(N)cc12. The first kappa shape index (κ1) is 12.4. The summed E-state index contributed by atoms with van der Waals surface area (Å²) in [7, 11) is 0. The number of fused-ring (bicyclic) bond motifs is 1. The molecule has 0 saturated carbocycles. The molecule has 3 aromatic rings. The zero-order chi connectivity index (χ0) is 13.9. The summed E-state index contributed by atoms with van der Waals surface area (Å²) in [6, 6.07) is 5.84. The van der Waals surface area contributed by atoms with E-state index in [4.69, 9.17) is 5.73 Å². The largest absolute Gasteiger partial charge is 0.399 e. The van der Waals surface area contributed by atoms with Gasteiger partial charge in [-0.2, -0.15) is 0 Å². The molecule has 0 amide bonds. The summed E-state index contributed by atoms with van der Waals surface area (Å²) >= 11 is 0. The smallest absolute Gasteiger partial charge is 0.137 e. The molecule has 0 saturated heterocycles. The van der Waals surface area contributed by atoms with Crippen molar-refractivity contribution in [3.8, 4) is 0 Å². The van der Waals surface area contributed by atoms with Crippen molar-refractivity contribution in [1.29, 1.82) is 0 Å². The second-order valence-corrected chi connectivity index (χ2v) is 4.80. The molecule has 3 rings (SSSR count). The number of imidazole rings is 1. The van der Waals surface area contributed by atoms with Gasteiger partial charge in [0.15, 0.2) is 0 Å². The molecule has 0 aliphatic carbocycles. The highest BCUT2D eigenvalue weighted by Gasteiger charge is 2.08. The Kier molecular flexibility index (Phi) is 3.20. The molecule has 20 heavy (non-hydrogen) atoms. The fourth-order valence-electron chi connectivity index (χ4n) is 2.18. The predicted molar refractivity (Wildman–Crippen MR) is 79.3 cm³/mol. The lowest BCUT2D eigenvalue weighted by molar-refractivity contribution is 0.617. The average molecular weight is 268 g/mol. The molecular weight excluding hydrogens is 252 g/mol. The van der Waals surface area contributed by atoms with E-state index >= 15 is 0 Å². The summed E-state index contributed by atoms with van der Waals surface area (Å²) in [6.45, 7) is 2.91. The van der Waals surface area contributed by atoms with E-state index in [2.05, 4.69) is 27.2 Å². The van der Waals surface area contributed by atoms with Crippen molar-refractivity contribution in [3.05, 3.63) is 43.2 Å². The number of nitrogens with zero attached hydrogens (tertiary/aromatic N) is 4. The molecule has 102 valence electrons. The highest BCUT2D eigenvalue weighted by Crippen LogP contribution is 2.22. The first-order chi connectivity index (χ1) is 9.72. The van der Waals surface area contributed by atoms with Gasteiger partial charge in [0.2, 0.25) is 0 Å². The maximum atomic E-state index is 5.84. The van der Waals surface area contributed by atoms with Crippen molar-refractivity contribution >= 4 is 22.4 Å². The minimum absolute atomic E-state index is 0.212. The normalized spacial score (nSPS) is 12.4. The maximum absolute atomic E-state index is 5.84. The minimum atomic E-state index is 0.212. The quantitative estimate of drug-likeness (QED) is 0.706. The van der Waals surface area contributed by atoms with Gasteiger partial charge in [-0.15, -0.1) is 0 Å². The van der Waals surface area contributed by atoms with Gasteiger partial charge >= 0.3 is 0 Å². The van der Waals surface area contributed by atoms with Crippen LogP contribution in [-0.2, 0) is 6.54 Å². The van der Waals surface area contributed by atoms with Crippen LogP contribution in [0.5, 0.6) is 0 Å². The lowest BCUT2D eigenvalue weighted by atomic mass is 10.2. The molecular formula is C14H16N6. The Balaban J connectivity index is 1.85. The van der Waals surface area contributed by atoms with Crippen molar-refractivity contribution in [3.63, 3.8) is 0 Å². The van der Waals surface area contributed by atoms with Crippen molar-refractivity contribution in [2.75, 3.05) is 11.1 Å². The number of benzene rings is 1. The second-order valence-electron chi connectivity index (χ2n) is 4.80. The summed E-state index contributed by atoms with van der Waals surface area (Å²) in [6.07, 6.45) is 7.07. The molecule has 1 unspecified atom stereocenters. The molecule has 2 heterocycles. The van der Waals surface area contributed by atoms with Crippen LogP contribution in [-0.4, -0.2) is 25.6 Å². The van der Waals surface area contributed by atoms with Gasteiger partial charge in [0.25, 0.3) is 0 Å². The Labute approximate surface area is 116 Å². The van der Waals surface area contributed by atoms with Gasteiger partial charge < -0.3 is 15.6 Å². The summed E-state index contributed by atoms with van der Waals surface area (Å²) in [5, 5.41) is 4.33. The predicted octanol–water partition coefficient (Wildman–Crippen LogP) is 1.91. The van der Waals surface area contributed by atoms with Crippen LogP contribution in [0.15, 0.2) is 43.2 Å². The van der Waals surface area contributed by atoms with E-state index in [-0.39, 0.29) is 6.04 Å². The molecule has 0 radical (unpaired) electrons. The summed E-state index contributed by atoms with van der Waals surface area (Å²) in [4.78, 5) is 12.6. The van der Waals surface area contributed by atoms with Crippen LogP contribution in [0.2, 0.25) is 0 Å². The van der Waals surface area contributed by atoms with Crippen LogP contribution < -0.4 is 11.1 Å². The zero-order valence-electron chi connectivity index (χ0n) is 11.2. The second kappa shape index (κ2) is 5.16. The topological polar surface area (TPSA) is 81.7 Å². The third kappa shape index (κ3) is 2.54. The van der Waals surface area contributed by atoms with Crippen LogP contribution in [0.25, 0.3) is 10.9 Å². The van der Waals surface area contributed by atoms with Crippen molar-refractivity contribution in [2.24, 2.45) is 0 Å². The molecule has 1 atom stereocenters. The van der Waals surface area contributed by atoms with Gasteiger partial charge in [-0.05, 0) is 25.1 Å². The van der Waals surface area contributed by atoms with E-state index in [0.29, 0.717) is 5.69 Å². The van der Waals surface area contributed by atoms with Gasteiger partial charge in [-0.3, -0.25) is 0 Å². The summed E-state index contributed by atoms with van der Waals surface area (Å²) < 4.78 is 2.02. The number of nitrogens with one attached hydrogen (secondary N) is 1. The number of hydrogen-bond donors (Lipinski definition) is 2. The van der Waals surface area contributed by atoms with Gasteiger partial charge in [0, 0.05) is 36.1 Å². The van der Waals surface area contributed by atoms with E-state index in [9.17, 15) is 0 Å². The first-order valence-electron chi connectivity index (χ1n) is 6.45. The van der Waals surface area contributed by atoms with Gasteiger partial charge in [0.1, 0.15) is 12.1 Å². The third-order valence-electron chi connectivity index (χ3n) is 3.09. The number of nitrogen functional groups attached to an aromatic ring is 1. The highest BCUT2D eigenvalue weighted by atomic mass is 15.1. The van der Waals surface area contributed by atoms with Crippen molar-refractivity contribution in [1.82, 2.24) is 19.5 Å². The number of anilines is 2. The first-order valence-corrected chi connectivity index (χ1v) is 6.45. The van der Waals surface area contributed by atoms with Crippen LogP contribution >= 0.6 is 0 Å². The highest BCUT2D eigenvalue weighted by molar-refractivity contribution is 5.91. The Morgan fingerprint density at radius 3 is 3.05 bits per heavy atom. The van der Waals surface area contributed by atoms with Crippen LogP contribution in [0, 0.1) is 0 Å². The van der Waals surface area contributed by atoms with Crippen molar-refractivity contribution in [2.45, 2.75) is 19.5 Å². The molecule has 6 heteroatoms. The summed E-state index contributed by atoms with van der Waals surface area (Å²) in [5.74, 6) is 0.801. The zero-order valence-corrected chi connectivity index (χ0v) is 11.2. The fraction of sp³-hybridized carbons (Fsp3) is 0.214. The molecule has 1 aromatic carbocycles. The minimum Gasteiger partial charge on any atom is -0.399 e. The standard InChI is InChI=1S/C14H16N6/c1-10(7-20-5-4-16-9-20)19-14-12-6-11(15)2-3-13(12)17-8-18-14/h2-6,8-10H,7,15H2,1H3,(H,17,18,19). The number of nitrogens with two attached hydrogens (primary N) is 1. The lowest BCUT2D eigenvalue weighted by Gasteiger charge is -2.16. The molecule has 2 aromatic heterocycles. The molecule has 0 spiro atoms. The van der Waals surface area contributed by atoms with Crippen LogP contribution in [0.1, 0.15) is 6.92 Å². The monoisotopic (exact) mass is 268 g/mol. The molecule has 0 aliphatic rings. The van der Waals surface area contributed by atoms with E-state index in [1.807, 2.05) is 29.0 Å². The van der Waals surface area contributed by atoms with Crippen LogP contribution in [0.4, 0.5) is 11.5 Å². The number of hydrogen-bond acceptors (Lipinski definition) is 5. The molecule has 0 fully saturated rings. The molecule has 6 nitrogen and oxygen atoms in total. The van der Waals surface area contributed by atoms with E-state index in [1.165, 1.54) is 0 Å². The van der Waals surface area contributed by atoms with E-state index < -0.39 is 0 Å². The third-order valence-corrected chi connectivity index (χ3v) is 3.09. The van der Waals surface area contributed by atoms with Gasteiger partial charge in [-0.1, -0.05) is 0 Å². The summed E-state index contributed by atoms with van der Waals surface area (Å²) in [5.41, 5.74) is 7.42. The number of aromatic nitrogens is 4. The van der Waals surface area contributed by atoms with Crippen LogP contribution in [0.3, 0.4) is 0 Å². The number of rotatable bonds is 4. The Bertz CT molecular complexity index is 707. The Morgan fingerprint density at radius 2 is 2.25 bits per heavy atom. The van der Waals surface area contributed by atoms with E-state index in [1.54, 1.807) is 18.9 Å². The molecule has 0 aliphatic heterocycles. The van der Waals surface area contributed by atoms with Crippen molar-refractivity contribution < 1.29 is 0 Å². The maximum Gasteiger partial charge on any atom is 0.137 e. The average Bonchev–Trinajstić information content (AvgIpc) is 2.92. The Hall–Kier alpha value is -2.63. The molecule has 3 N–H and O–H groups in total. The van der Waals surface area contributed by atoms with Gasteiger partial charge in [0.05, 0.1) is 11.8 Å². The fourth-order valence-corrected chi connectivity index (χ4v) is 2.18. The Morgan fingerprint density at radius 1 is 1.35 bits per heavy atom. The van der Waals surface area contributed by atoms with Gasteiger partial charge in [-0.25, -0.2) is 15.0 Å². The van der Waals surface area contributed by atoms with E-state index in [0.717, 1.165) is 23.3 Å².